The number of aromatic hydroxyl groups is 1. The van der Waals surface area contributed by atoms with Gasteiger partial charge in [0.15, 0.2) is 5.65 Å². The number of hydrogen-bond acceptors (Lipinski definition) is 5. The van der Waals surface area contributed by atoms with Gasteiger partial charge < -0.3 is 16.6 Å². The molecule has 7 nitrogen and oxygen atoms in total. The maximum absolute atomic E-state index is 12.1. The average Bonchev–Trinajstić information content (AvgIpc) is 3.32. The number of nitrogen functional groups attached to an aromatic ring is 1. The summed E-state index contributed by atoms with van der Waals surface area (Å²) in [4.78, 5) is 12.1. The lowest BCUT2D eigenvalue weighted by Gasteiger charge is -2.16. The summed E-state index contributed by atoms with van der Waals surface area (Å²) in [7, 11) is 0. The van der Waals surface area contributed by atoms with Gasteiger partial charge in [-0.2, -0.15) is 0 Å². The summed E-state index contributed by atoms with van der Waals surface area (Å²) < 4.78 is 1.81. The number of amides is 1. The number of nitrogens with zero attached hydrogens (tertiary/aromatic N) is 3. The van der Waals surface area contributed by atoms with Crippen LogP contribution < -0.4 is 11.5 Å². The highest BCUT2D eigenvalue weighted by molar-refractivity contribution is 6.07. The van der Waals surface area contributed by atoms with Crippen molar-refractivity contribution < 1.29 is 9.90 Å². The third-order valence-corrected chi connectivity index (χ3v) is 4.87. The van der Waals surface area contributed by atoms with Gasteiger partial charge in [-0.25, -0.2) is 0 Å². The third kappa shape index (κ3) is 2.23. The molecule has 1 amide bonds. The molecule has 2 heterocycles. The Morgan fingerprint density at radius 2 is 2.00 bits per heavy atom. The van der Waals surface area contributed by atoms with E-state index in [4.69, 9.17) is 11.5 Å². The van der Waals surface area contributed by atoms with Crippen LogP contribution in [0.25, 0.3) is 16.8 Å². The van der Waals surface area contributed by atoms with Crippen LogP contribution in [0, 0.1) is 13.8 Å². The molecule has 1 aliphatic carbocycles. The number of anilines is 1. The van der Waals surface area contributed by atoms with Gasteiger partial charge in [-0.15, -0.1) is 10.2 Å². The molecule has 3 aromatic rings. The molecule has 0 saturated heterocycles. The molecule has 25 heavy (non-hydrogen) atoms. The number of aromatic nitrogens is 3. The van der Waals surface area contributed by atoms with Crippen LogP contribution in [0.5, 0.6) is 5.75 Å². The molecular weight excluding hydrogens is 318 g/mol. The van der Waals surface area contributed by atoms with E-state index in [1.165, 1.54) is 0 Å². The lowest BCUT2D eigenvalue weighted by atomic mass is 9.93. The fourth-order valence-corrected chi connectivity index (χ4v) is 3.37. The Hall–Kier alpha value is -3.09. The molecular formula is C18H19N5O2. The standard InChI is InChI=1S/C18H19N5O2/c1-8-3-6-12(24)9(2)13(8)11-7-23-17(10-4-5-10)21-22-18(23)14(15(11)19)16(20)25/h3,6-7,10,24H,4-5,19H2,1-2H3,(H2,20,25). The van der Waals surface area contributed by atoms with Crippen molar-refractivity contribution in [3.8, 4) is 16.9 Å². The summed E-state index contributed by atoms with van der Waals surface area (Å²) in [5.74, 6) is 0.689. The quantitative estimate of drug-likeness (QED) is 0.677. The maximum atomic E-state index is 12.1. The first-order chi connectivity index (χ1) is 11.9. The molecule has 7 heteroatoms. The summed E-state index contributed by atoms with van der Waals surface area (Å²) in [6.07, 6.45) is 3.95. The number of pyridine rings is 1. The van der Waals surface area contributed by atoms with Crippen molar-refractivity contribution >= 4 is 17.2 Å². The normalized spacial score (nSPS) is 14.2. The van der Waals surface area contributed by atoms with Crippen molar-refractivity contribution in [2.24, 2.45) is 5.73 Å². The van der Waals surface area contributed by atoms with Gasteiger partial charge in [-0.1, -0.05) is 6.07 Å². The number of nitrogens with two attached hydrogens (primary N) is 2. The Labute approximate surface area is 144 Å². The van der Waals surface area contributed by atoms with Crippen LogP contribution in [0.2, 0.25) is 0 Å². The van der Waals surface area contributed by atoms with Crippen LogP contribution in [0.1, 0.15) is 46.1 Å². The Kier molecular flexibility index (Phi) is 3.21. The summed E-state index contributed by atoms with van der Waals surface area (Å²) in [5, 5.41) is 18.5. The van der Waals surface area contributed by atoms with Crippen LogP contribution in [0.3, 0.4) is 0 Å². The molecule has 0 bridgehead atoms. The van der Waals surface area contributed by atoms with E-state index in [9.17, 15) is 9.90 Å². The SMILES string of the molecule is Cc1ccc(O)c(C)c1-c1cn2c(C3CC3)nnc2c(C(N)=O)c1N. The predicted molar refractivity (Wildman–Crippen MR) is 94.5 cm³/mol. The van der Waals surface area contributed by atoms with Gasteiger partial charge in [0.05, 0.1) is 5.69 Å². The van der Waals surface area contributed by atoms with E-state index in [1.807, 2.05) is 30.5 Å². The second-order valence-electron chi connectivity index (χ2n) is 6.62. The number of benzene rings is 1. The fraction of sp³-hybridized carbons (Fsp3) is 0.278. The van der Waals surface area contributed by atoms with Crippen LogP contribution in [-0.2, 0) is 0 Å². The van der Waals surface area contributed by atoms with Crippen molar-refractivity contribution in [1.29, 1.82) is 0 Å². The van der Waals surface area contributed by atoms with Gasteiger partial charge in [0, 0.05) is 17.7 Å². The number of carbonyl (C=O) groups excluding carboxylic acids is 1. The topological polar surface area (TPSA) is 120 Å². The van der Waals surface area contributed by atoms with Crippen molar-refractivity contribution in [3.63, 3.8) is 0 Å². The van der Waals surface area contributed by atoms with Gasteiger partial charge in [0.25, 0.3) is 5.91 Å². The molecule has 4 rings (SSSR count). The van der Waals surface area contributed by atoms with E-state index in [1.54, 1.807) is 6.07 Å². The summed E-state index contributed by atoms with van der Waals surface area (Å²) in [6, 6.07) is 3.46. The Bertz CT molecular complexity index is 1030. The van der Waals surface area contributed by atoms with E-state index >= 15 is 0 Å². The van der Waals surface area contributed by atoms with E-state index in [0.29, 0.717) is 22.7 Å². The van der Waals surface area contributed by atoms with Crippen molar-refractivity contribution in [3.05, 3.63) is 40.8 Å². The minimum absolute atomic E-state index is 0.166. The van der Waals surface area contributed by atoms with E-state index in [2.05, 4.69) is 10.2 Å². The number of phenolic OH excluding ortho intramolecular Hbond substituents is 1. The number of carbonyl (C=O) groups is 1. The van der Waals surface area contributed by atoms with Crippen LogP contribution in [-0.4, -0.2) is 25.6 Å². The summed E-state index contributed by atoms with van der Waals surface area (Å²) >= 11 is 0. The fourth-order valence-electron chi connectivity index (χ4n) is 3.37. The van der Waals surface area contributed by atoms with Gasteiger partial charge in [0.2, 0.25) is 0 Å². The summed E-state index contributed by atoms with van der Waals surface area (Å²) in [5.41, 5.74) is 15.8. The number of primary amides is 1. The summed E-state index contributed by atoms with van der Waals surface area (Å²) in [6.45, 7) is 3.75. The minimum Gasteiger partial charge on any atom is -0.508 e. The molecule has 1 saturated carbocycles. The number of phenols is 1. The monoisotopic (exact) mass is 337 g/mol. The first-order valence-electron chi connectivity index (χ1n) is 8.16. The zero-order valence-electron chi connectivity index (χ0n) is 14.1. The molecule has 1 aliphatic rings. The molecule has 1 aromatic carbocycles. The lowest BCUT2D eigenvalue weighted by molar-refractivity contribution is 0.100. The molecule has 0 atom stereocenters. The zero-order chi connectivity index (χ0) is 17.9. The molecule has 0 unspecified atom stereocenters. The van der Waals surface area contributed by atoms with Gasteiger partial charge in [0.1, 0.15) is 17.1 Å². The number of aryl methyl sites for hydroxylation is 1. The van der Waals surface area contributed by atoms with Gasteiger partial charge in [-0.3, -0.25) is 9.20 Å². The lowest BCUT2D eigenvalue weighted by Crippen LogP contribution is -2.17. The first kappa shape index (κ1) is 15.4. The second kappa shape index (κ2) is 5.20. The average molecular weight is 337 g/mol. The molecule has 1 fully saturated rings. The van der Waals surface area contributed by atoms with Crippen molar-refractivity contribution in [1.82, 2.24) is 14.6 Å². The molecule has 5 N–H and O–H groups in total. The minimum atomic E-state index is -0.644. The second-order valence-corrected chi connectivity index (χ2v) is 6.62. The highest BCUT2D eigenvalue weighted by Crippen LogP contribution is 2.42. The molecule has 0 spiro atoms. The Morgan fingerprint density at radius 1 is 1.28 bits per heavy atom. The molecule has 2 aromatic heterocycles. The van der Waals surface area contributed by atoms with Crippen LogP contribution in [0.4, 0.5) is 5.69 Å². The Morgan fingerprint density at radius 3 is 2.64 bits per heavy atom. The number of fused-ring (bicyclic) bond motifs is 1. The largest absolute Gasteiger partial charge is 0.508 e. The Balaban J connectivity index is 2.11. The van der Waals surface area contributed by atoms with Crippen molar-refractivity contribution in [2.45, 2.75) is 32.6 Å². The highest BCUT2D eigenvalue weighted by atomic mass is 16.3. The van der Waals surface area contributed by atoms with Crippen molar-refractivity contribution in [2.75, 3.05) is 5.73 Å². The van der Waals surface area contributed by atoms with Crippen LogP contribution >= 0.6 is 0 Å². The van der Waals surface area contributed by atoms with E-state index in [-0.39, 0.29) is 17.0 Å². The molecule has 0 radical (unpaired) electrons. The maximum Gasteiger partial charge on any atom is 0.254 e. The first-order valence-corrected chi connectivity index (χ1v) is 8.16. The molecule has 0 aliphatic heterocycles. The molecule has 128 valence electrons. The number of rotatable bonds is 3. The van der Waals surface area contributed by atoms with E-state index < -0.39 is 5.91 Å². The third-order valence-electron chi connectivity index (χ3n) is 4.87. The van der Waals surface area contributed by atoms with E-state index in [0.717, 1.165) is 29.8 Å². The van der Waals surface area contributed by atoms with Gasteiger partial charge in [-0.05, 0) is 49.4 Å². The predicted octanol–water partition coefficient (Wildman–Crippen LogP) is 2.28. The smallest absolute Gasteiger partial charge is 0.254 e. The van der Waals surface area contributed by atoms with Gasteiger partial charge >= 0.3 is 0 Å². The highest BCUT2D eigenvalue weighted by Gasteiger charge is 2.31. The number of hydrogen-bond donors (Lipinski definition) is 3. The van der Waals surface area contributed by atoms with Crippen LogP contribution in [0.15, 0.2) is 18.3 Å². The zero-order valence-corrected chi connectivity index (χ0v) is 14.1.